The van der Waals surface area contributed by atoms with E-state index in [1.54, 1.807) is 31.2 Å². The maximum Gasteiger partial charge on any atom is 0.313 e. The van der Waals surface area contributed by atoms with Gasteiger partial charge in [0.15, 0.2) is 0 Å². The third-order valence-electron chi connectivity index (χ3n) is 2.73. The summed E-state index contributed by atoms with van der Waals surface area (Å²) in [5.74, 6) is -0.937. The minimum atomic E-state index is -1.05. The lowest BCUT2D eigenvalue weighted by Crippen LogP contribution is -2.32. The van der Waals surface area contributed by atoms with Crippen LogP contribution < -0.4 is 5.73 Å². The molecule has 4 heteroatoms. The number of hydrogen-bond donors (Lipinski definition) is 2. The number of hydrogen-bond acceptors (Lipinski definition) is 3. The minimum Gasteiger partial charge on any atom is -0.481 e. The molecule has 1 atom stereocenters. The Labute approximate surface area is 94.3 Å². The van der Waals surface area contributed by atoms with Crippen LogP contribution in [0.25, 0.3) is 0 Å². The first-order valence-electron chi connectivity index (χ1n) is 4.97. The van der Waals surface area contributed by atoms with Gasteiger partial charge in [0, 0.05) is 12.1 Å². The van der Waals surface area contributed by atoms with Crippen molar-refractivity contribution in [1.29, 1.82) is 5.26 Å². The Kier molecular flexibility index (Phi) is 3.51. The van der Waals surface area contributed by atoms with Gasteiger partial charge in [0.25, 0.3) is 0 Å². The molecule has 0 aliphatic carbocycles. The van der Waals surface area contributed by atoms with Crippen molar-refractivity contribution in [3.8, 4) is 6.07 Å². The molecule has 3 N–H and O–H groups in total. The summed E-state index contributed by atoms with van der Waals surface area (Å²) >= 11 is 0. The molecular formula is C12H14N2O2. The molecule has 4 nitrogen and oxygen atoms in total. The Bertz CT molecular complexity index is 437. The van der Waals surface area contributed by atoms with Crippen LogP contribution in [0.1, 0.15) is 25.3 Å². The van der Waals surface area contributed by atoms with Crippen LogP contribution in [0.3, 0.4) is 0 Å². The van der Waals surface area contributed by atoms with E-state index in [1.165, 1.54) is 0 Å². The molecule has 16 heavy (non-hydrogen) atoms. The van der Waals surface area contributed by atoms with Gasteiger partial charge in [-0.2, -0.15) is 5.26 Å². The SMILES string of the molecule is CC(CCC#N)(C(=O)O)c1cccc(N)c1. The van der Waals surface area contributed by atoms with E-state index in [2.05, 4.69) is 0 Å². The zero-order chi connectivity index (χ0) is 12.2. The molecule has 0 amide bonds. The van der Waals surface area contributed by atoms with Crippen LogP contribution in [-0.2, 0) is 10.2 Å². The normalized spacial score (nSPS) is 13.8. The molecule has 84 valence electrons. The van der Waals surface area contributed by atoms with Crippen molar-refractivity contribution in [1.82, 2.24) is 0 Å². The first-order valence-corrected chi connectivity index (χ1v) is 4.97. The largest absolute Gasteiger partial charge is 0.481 e. The van der Waals surface area contributed by atoms with Gasteiger partial charge in [-0.1, -0.05) is 12.1 Å². The van der Waals surface area contributed by atoms with Crippen molar-refractivity contribution in [3.05, 3.63) is 29.8 Å². The minimum absolute atomic E-state index is 0.206. The Hall–Kier alpha value is -2.02. The summed E-state index contributed by atoms with van der Waals surface area (Å²) < 4.78 is 0. The van der Waals surface area contributed by atoms with Crippen LogP contribution in [0.2, 0.25) is 0 Å². The maximum absolute atomic E-state index is 11.3. The van der Waals surface area contributed by atoms with Gasteiger partial charge in [0.1, 0.15) is 0 Å². The summed E-state index contributed by atoms with van der Waals surface area (Å²) in [6, 6.07) is 8.76. The van der Waals surface area contributed by atoms with Gasteiger partial charge < -0.3 is 10.8 Å². The van der Waals surface area contributed by atoms with Crippen molar-refractivity contribution >= 4 is 11.7 Å². The standard InChI is InChI=1S/C12H14N2O2/c1-12(11(15)16,6-3-7-13)9-4-2-5-10(14)8-9/h2,4-5,8H,3,6,14H2,1H3,(H,15,16). The highest BCUT2D eigenvalue weighted by Gasteiger charge is 2.34. The lowest BCUT2D eigenvalue weighted by Gasteiger charge is -2.24. The maximum atomic E-state index is 11.3. The van der Waals surface area contributed by atoms with Gasteiger partial charge in [-0.15, -0.1) is 0 Å². The third-order valence-corrected chi connectivity index (χ3v) is 2.73. The Morgan fingerprint density at radius 2 is 2.31 bits per heavy atom. The highest BCUT2D eigenvalue weighted by Crippen LogP contribution is 2.30. The predicted octanol–water partition coefficient (Wildman–Crippen LogP) is 1.91. The van der Waals surface area contributed by atoms with E-state index in [-0.39, 0.29) is 12.8 Å². The number of anilines is 1. The first-order chi connectivity index (χ1) is 7.50. The molecule has 0 spiro atoms. The predicted molar refractivity (Wildman–Crippen MR) is 60.7 cm³/mol. The molecule has 1 rings (SSSR count). The fourth-order valence-electron chi connectivity index (χ4n) is 1.56. The van der Waals surface area contributed by atoms with E-state index < -0.39 is 11.4 Å². The van der Waals surface area contributed by atoms with Crippen LogP contribution in [0.15, 0.2) is 24.3 Å². The van der Waals surface area contributed by atoms with Crippen LogP contribution in [0.5, 0.6) is 0 Å². The number of nitrogen functional groups attached to an aromatic ring is 1. The van der Waals surface area contributed by atoms with Crippen molar-refractivity contribution in [2.24, 2.45) is 0 Å². The topological polar surface area (TPSA) is 87.1 Å². The van der Waals surface area contributed by atoms with Crippen molar-refractivity contribution in [3.63, 3.8) is 0 Å². The molecule has 1 aromatic carbocycles. The molecule has 1 aromatic rings. The highest BCUT2D eigenvalue weighted by atomic mass is 16.4. The number of nitrogens with zero attached hydrogens (tertiary/aromatic N) is 1. The molecule has 0 saturated heterocycles. The summed E-state index contributed by atoms with van der Waals surface area (Å²) in [7, 11) is 0. The highest BCUT2D eigenvalue weighted by molar-refractivity contribution is 5.81. The van der Waals surface area contributed by atoms with E-state index in [4.69, 9.17) is 11.0 Å². The second-order valence-electron chi connectivity index (χ2n) is 3.92. The quantitative estimate of drug-likeness (QED) is 0.756. The molecule has 1 unspecified atom stereocenters. The van der Waals surface area contributed by atoms with Gasteiger partial charge in [-0.3, -0.25) is 4.79 Å². The van der Waals surface area contributed by atoms with Crippen LogP contribution >= 0.6 is 0 Å². The second kappa shape index (κ2) is 4.67. The Balaban J connectivity index is 3.12. The van der Waals surface area contributed by atoms with Crippen molar-refractivity contribution < 1.29 is 9.90 Å². The summed E-state index contributed by atoms with van der Waals surface area (Å²) in [4.78, 5) is 11.3. The fourth-order valence-corrected chi connectivity index (χ4v) is 1.56. The number of carboxylic acid groups (broad SMARTS) is 1. The molecular weight excluding hydrogens is 204 g/mol. The van der Waals surface area contributed by atoms with Crippen LogP contribution in [0, 0.1) is 11.3 Å². The molecule has 0 saturated carbocycles. The van der Waals surface area contributed by atoms with Crippen molar-refractivity contribution in [2.75, 3.05) is 5.73 Å². The zero-order valence-corrected chi connectivity index (χ0v) is 9.10. The third kappa shape index (κ3) is 2.31. The van der Waals surface area contributed by atoms with Crippen LogP contribution in [0.4, 0.5) is 5.69 Å². The average Bonchev–Trinajstić information content (AvgIpc) is 2.25. The van der Waals surface area contributed by atoms with Gasteiger partial charge >= 0.3 is 5.97 Å². The van der Waals surface area contributed by atoms with Gasteiger partial charge in [-0.05, 0) is 31.0 Å². The monoisotopic (exact) mass is 218 g/mol. The fraction of sp³-hybridized carbons (Fsp3) is 0.333. The van der Waals surface area contributed by atoms with E-state index in [0.29, 0.717) is 11.3 Å². The number of rotatable bonds is 4. The summed E-state index contributed by atoms with van der Waals surface area (Å²) in [6.45, 7) is 1.61. The molecule has 0 fully saturated rings. The molecule has 0 aliphatic heterocycles. The Morgan fingerprint density at radius 3 is 2.81 bits per heavy atom. The smallest absolute Gasteiger partial charge is 0.313 e. The number of benzene rings is 1. The van der Waals surface area contributed by atoms with E-state index in [0.717, 1.165) is 0 Å². The van der Waals surface area contributed by atoms with E-state index >= 15 is 0 Å². The van der Waals surface area contributed by atoms with Crippen LogP contribution in [-0.4, -0.2) is 11.1 Å². The number of carboxylic acids is 1. The average molecular weight is 218 g/mol. The molecule has 0 heterocycles. The molecule has 0 radical (unpaired) electrons. The molecule has 0 aromatic heterocycles. The first kappa shape index (κ1) is 12.1. The Morgan fingerprint density at radius 1 is 1.62 bits per heavy atom. The van der Waals surface area contributed by atoms with E-state index in [9.17, 15) is 9.90 Å². The van der Waals surface area contributed by atoms with Gasteiger partial charge in [-0.25, -0.2) is 0 Å². The van der Waals surface area contributed by atoms with Gasteiger partial charge in [0.2, 0.25) is 0 Å². The number of nitriles is 1. The van der Waals surface area contributed by atoms with Crippen molar-refractivity contribution in [2.45, 2.75) is 25.2 Å². The molecule has 0 aliphatic rings. The number of nitrogens with two attached hydrogens (primary N) is 1. The zero-order valence-electron chi connectivity index (χ0n) is 9.10. The summed E-state index contributed by atoms with van der Waals surface area (Å²) in [5.41, 5.74) is 5.74. The van der Waals surface area contributed by atoms with Gasteiger partial charge in [0.05, 0.1) is 11.5 Å². The lowest BCUT2D eigenvalue weighted by molar-refractivity contribution is -0.143. The lowest BCUT2D eigenvalue weighted by atomic mass is 9.78. The number of aliphatic carboxylic acids is 1. The number of carbonyl (C=O) groups is 1. The van der Waals surface area contributed by atoms with E-state index in [1.807, 2.05) is 6.07 Å². The summed E-state index contributed by atoms with van der Waals surface area (Å²) in [6.07, 6.45) is 0.486. The summed E-state index contributed by atoms with van der Waals surface area (Å²) in [5, 5.41) is 17.8. The molecule has 0 bridgehead atoms. The second-order valence-corrected chi connectivity index (χ2v) is 3.92.